The molecule has 2 aliphatic rings. The first-order valence-corrected chi connectivity index (χ1v) is 14.2. The maximum Gasteiger partial charge on any atom is 0.415 e. The fourth-order valence-corrected chi connectivity index (χ4v) is 5.52. The number of anilines is 3. The van der Waals surface area contributed by atoms with Crippen LogP contribution in [-0.2, 0) is 4.74 Å². The molecule has 2 N–H and O–H groups in total. The molecular formula is C29H37F2N7O4. The number of fused-ring (bicyclic) bond motifs is 1. The monoisotopic (exact) mass is 585 g/mol. The Morgan fingerprint density at radius 2 is 1.95 bits per heavy atom. The van der Waals surface area contributed by atoms with Crippen molar-refractivity contribution in [1.29, 1.82) is 0 Å². The van der Waals surface area contributed by atoms with E-state index in [0.717, 1.165) is 25.7 Å². The van der Waals surface area contributed by atoms with Gasteiger partial charge in [-0.25, -0.2) is 18.6 Å². The van der Waals surface area contributed by atoms with E-state index < -0.39 is 42.1 Å². The second-order valence-electron chi connectivity index (χ2n) is 12.5. The lowest BCUT2D eigenvalue weighted by atomic mass is 9.87. The van der Waals surface area contributed by atoms with E-state index in [1.54, 1.807) is 26.8 Å². The third-order valence-corrected chi connectivity index (χ3v) is 7.68. The van der Waals surface area contributed by atoms with Crippen LogP contribution < -0.4 is 21.1 Å². The zero-order valence-corrected chi connectivity index (χ0v) is 24.5. The average Bonchev–Trinajstić information content (AvgIpc) is 3.31. The van der Waals surface area contributed by atoms with Crippen LogP contribution in [0.2, 0.25) is 0 Å². The van der Waals surface area contributed by atoms with E-state index in [2.05, 4.69) is 27.6 Å². The molecule has 13 heteroatoms. The summed E-state index contributed by atoms with van der Waals surface area (Å²) < 4.78 is 35.2. The van der Waals surface area contributed by atoms with E-state index in [-0.39, 0.29) is 40.5 Å². The van der Waals surface area contributed by atoms with Gasteiger partial charge in [-0.1, -0.05) is 19.8 Å². The van der Waals surface area contributed by atoms with Crippen LogP contribution >= 0.6 is 0 Å². The lowest BCUT2D eigenvalue weighted by Crippen LogP contribution is -2.41. The number of carbonyl (C=O) groups excluding carboxylic acids is 2. The van der Waals surface area contributed by atoms with Crippen molar-refractivity contribution in [3.05, 3.63) is 46.5 Å². The van der Waals surface area contributed by atoms with Crippen molar-refractivity contribution in [2.24, 2.45) is 5.92 Å². The van der Waals surface area contributed by atoms with E-state index in [1.165, 1.54) is 45.6 Å². The van der Waals surface area contributed by atoms with E-state index >= 15 is 0 Å². The molecule has 0 spiro atoms. The Morgan fingerprint density at radius 3 is 2.62 bits per heavy atom. The molecule has 0 unspecified atom stereocenters. The van der Waals surface area contributed by atoms with Crippen LogP contribution in [-0.4, -0.2) is 55.8 Å². The predicted molar refractivity (Wildman–Crippen MR) is 154 cm³/mol. The number of carbonyl (C=O) groups is 2. The van der Waals surface area contributed by atoms with Crippen LogP contribution in [0.4, 0.5) is 30.9 Å². The molecule has 0 saturated heterocycles. The molecule has 3 heterocycles. The lowest BCUT2D eigenvalue weighted by molar-refractivity contribution is -0.104. The quantitative estimate of drug-likeness (QED) is 0.403. The summed E-state index contributed by atoms with van der Waals surface area (Å²) in [4.78, 5) is 45.4. The first-order valence-electron chi connectivity index (χ1n) is 14.2. The van der Waals surface area contributed by atoms with Gasteiger partial charge in [-0.3, -0.25) is 14.5 Å². The van der Waals surface area contributed by atoms with Gasteiger partial charge in [0.1, 0.15) is 28.5 Å². The predicted octanol–water partition coefficient (Wildman–Crippen LogP) is 5.28. The van der Waals surface area contributed by atoms with Gasteiger partial charge in [-0.05, 0) is 51.7 Å². The number of aromatic nitrogens is 4. The number of hydrogen-bond donors (Lipinski definition) is 2. The summed E-state index contributed by atoms with van der Waals surface area (Å²) in [5, 5.41) is 10.4. The highest BCUT2D eigenvalue weighted by atomic mass is 19.3. The molecular weight excluding hydrogens is 548 g/mol. The standard InChI is InChI=1S/C29H37F2N7O4/c1-17-8-6-9-18(12-17)33-25(39)20-16-32-38-23(36(5)27(41)42-28(2,3)4)13-22(35-24(20)38)34-21-10-7-11-37(26(21)40)19-14-29(30,31)15-19/h7,10-11,13,16-19H,6,8-9,12,14-15H2,1-5H3,(H,33,39)(H,34,35)/t17-,18+/m0/s1. The van der Waals surface area contributed by atoms with Crippen LogP contribution in [0.25, 0.3) is 5.65 Å². The first kappa shape index (κ1) is 29.5. The number of alkyl halides is 2. The summed E-state index contributed by atoms with van der Waals surface area (Å²) in [5.41, 5.74) is -0.769. The van der Waals surface area contributed by atoms with Crippen LogP contribution in [0.3, 0.4) is 0 Å². The van der Waals surface area contributed by atoms with Crippen LogP contribution in [0.5, 0.6) is 0 Å². The maximum absolute atomic E-state index is 13.5. The Labute approximate surface area is 242 Å². The second kappa shape index (κ2) is 11.0. The summed E-state index contributed by atoms with van der Waals surface area (Å²) in [6, 6.07) is 4.04. The van der Waals surface area contributed by atoms with E-state index in [0.29, 0.717) is 5.92 Å². The minimum absolute atomic E-state index is 0.0306. The van der Waals surface area contributed by atoms with E-state index in [1.807, 2.05) is 0 Å². The normalized spacial score (nSPS) is 20.5. The average molecular weight is 586 g/mol. The number of pyridine rings is 1. The second-order valence-corrected chi connectivity index (χ2v) is 12.5. The van der Waals surface area contributed by atoms with E-state index in [4.69, 9.17) is 4.74 Å². The molecule has 0 radical (unpaired) electrons. The molecule has 2 saturated carbocycles. The molecule has 0 bridgehead atoms. The van der Waals surface area contributed by atoms with Gasteiger partial charge in [0.25, 0.3) is 17.4 Å². The summed E-state index contributed by atoms with van der Waals surface area (Å²) in [6.07, 6.45) is 5.34. The molecule has 11 nitrogen and oxygen atoms in total. The third kappa shape index (κ3) is 6.24. The Hall–Kier alpha value is -4.03. The number of nitrogens with one attached hydrogen (secondary N) is 2. The van der Waals surface area contributed by atoms with Crippen molar-refractivity contribution in [2.75, 3.05) is 17.3 Å². The molecule has 226 valence electrons. The van der Waals surface area contributed by atoms with Crippen molar-refractivity contribution in [3.8, 4) is 0 Å². The maximum atomic E-state index is 13.5. The molecule has 2 atom stereocenters. The molecule has 42 heavy (non-hydrogen) atoms. The van der Waals surface area contributed by atoms with Crippen molar-refractivity contribution in [2.45, 2.75) is 89.8 Å². The summed E-state index contributed by atoms with van der Waals surface area (Å²) in [5.74, 6) is -2.22. The number of hydrogen-bond acceptors (Lipinski definition) is 7. The van der Waals surface area contributed by atoms with Gasteiger partial charge >= 0.3 is 6.09 Å². The summed E-state index contributed by atoms with van der Waals surface area (Å²) >= 11 is 0. The number of halogens is 2. The fourth-order valence-electron chi connectivity index (χ4n) is 5.52. The zero-order valence-electron chi connectivity index (χ0n) is 24.5. The fraction of sp³-hybridized carbons (Fsp3) is 0.552. The van der Waals surface area contributed by atoms with Crippen molar-refractivity contribution in [1.82, 2.24) is 24.5 Å². The highest BCUT2D eigenvalue weighted by Crippen LogP contribution is 2.44. The van der Waals surface area contributed by atoms with E-state index in [9.17, 15) is 23.2 Å². The SMILES string of the molecule is C[C@H]1CCC[C@@H](NC(=O)c2cnn3c(N(C)C(=O)OC(C)(C)C)cc(Nc4cccn(C5CC(F)(F)C5)c4=O)nc23)C1. The molecule has 0 aromatic carbocycles. The third-order valence-electron chi connectivity index (χ3n) is 7.68. The summed E-state index contributed by atoms with van der Waals surface area (Å²) in [6.45, 7) is 7.40. The van der Waals surface area contributed by atoms with Crippen LogP contribution in [0.15, 0.2) is 35.4 Å². The van der Waals surface area contributed by atoms with Crippen LogP contribution in [0.1, 0.15) is 82.6 Å². The molecule has 0 aliphatic heterocycles. The molecule has 2 fully saturated rings. The topological polar surface area (TPSA) is 123 Å². The largest absolute Gasteiger partial charge is 0.443 e. The summed E-state index contributed by atoms with van der Waals surface area (Å²) in [7, 11) is 1.50. The van der Waals surface area contributed by atoms with Gasteiger partial charge in [0.15, 0.2) is 5.65 Å². The van der Waals surface area contributed by atoms with Gasteiger partial charge in [0.2, 0.25) is 0 Å². The highest BCUT2D eigenvalue weighted by Gasteiger charge is 2.46. The molecule has 5 rings (SSSR count). The number of ether oxygens (including phenoxy) is 1. The molecule has 3 aromatic heterocycles. The highest BCUT2D eigenvalue weighted by molar-refractivity contribution is 6.00. The Bertz CT molecular complexity index is 1550. The van der Waals surface area contributed by atoms with Crippen molar-refractivity contribution < 1.29 is 23.1 Å². The van der Waals surface area contributed by atoms with Crippen LogP contribution in [0, 0.1) is 5.92 Å². The van der Waals surface area contributed by atoms with Gasteiger partial charge in [-0.2, -0.15) is 9.61 Å². The zero-order chi connectivity index (χ0) is 30.4. The van der Waals surface area contributed by atoms with Gasteiger partial charge < -0.3 is 19.9 Å². The van der Waals surface area contributed by atoms with Gasteiger partial charge in [0, 0.05) is 44.2 Å². The molecule has 3 aromatic rings. The van der Waals surface area contributed by atoms with Gasteiger partial charge in [0.05, 0.1) is 6.20 Å². The number of amides is 2. The number of nitrogens with zero attached hydrogens (tertiary/aromatic N) is 5. The smallest absolute Gasteiger partial charge is 0.415 e. The lowest BCUT2D eigenvalue weighted by Gasteiger charge is -2.36. The Kier molecular flexibility index (Phi) is 7.71. The molecule has 2 amide bonds. The first-order chi connectivity index (χ1) is 19.7. The molecule has 2 aliphatic carbocycles. The Balaban J connectivity index is 1.51. The van der Waals surface area contributed by atoms with Gasteiger partial charge in [-0.15, -0.1) is 0 Å². The van der Waals surface area contributed by atoms with Crippen molar-refractivity contribution >= 4 is 35.0 Å². The van der Waals surface area contributed by atoms with Crippen molar-refractivity contribution in [3.63, 3.8) is 0 Å². The minimum atomic E-state index is -2.78. The minimum Gasteiger partial charge on any atom is -0.443 e. The number of rotatable bonds is 6. The Morgan fingerprint density at radius 1 is 1.21 bits per heavy atom.